The molecule has 0 aromatic carbocycles. The van der Waals surface area contributed by atoms with Crippen molar-refractivity contribution in [2.75, 3.05) is 33.7 Å². The SMILES string of the molecule is CN1CCC(CCN=C(N)N(C)C2CC2)CC1.I. The molecule has 106 valence electrons. The Hall–Kier alpha value is -0.0400. The van der Waals surface area contributed by atoms with Gasteiger partial charge in [0, 0.05) is 19.6 Å². The summed E-state index contributed by atoms with van der Waals surface area (Å²) < 4.78 is 0. The van der Waals surface area contributed by atoms with Gasteiger partial charge in [-0.1, -0.05) is 0 Å². The van der Waals surface area contributed by atoms with Crippen LogP contribution in [0.1, 0.15) is 32.1 Å². The lowest BCUT2D eigenvalue weighted by Gasteiger charge is -2.28. The quantitative estimate of drug-likeness (QED) is 0.468. The van der Waals surface area contributed by atoms with Crippen molar-refractivity contribution in [3.63, 3.8) is 0 Å². The van der Waals surface area contributed by atoms with E-state index in [0.29, 0.717) is 6.04 Å². The Morgan fingerprint density at radius 2 is 1.89 bits per heavy atom. The highest BCUT2D eigenvalue weighted by Crippen LogP contribution is 2.25. The third-order valence-electron chi connectivity index (χ3n) is 4.11. The van der Waals surface area contributed by atoms with Crippen molar-refractivity contribution in [1.29, 1.82) is 0 Å². The average molecular weight is 366 g/mol. The van der Waals surface area contributed by atoms with Crippen LogP contribution < -0.4 is 5.73 Å². The summed E-state index contributed by atoms with van der Waals surface area (Å²) in [6, 6.07) is 0.669. The summed E-state index contributed by atoms with van der Waals surface area (Å²) in [4.78, 5) is 9.05. The van der Waals surface area contributed by atoms with Crippen LogP contribution in [0.3, 0.4) is 0 Å². The molecule has 0 unspecified atom stereocenters. The zero-order chi connectivity index (χ0) is 12.3. The van der Waals surface area contributed by atoms with Crippen LogP contribution in [0, 0.1) is 5.92 Å². The van der Waals surface area contributed by atoms with Gasteiger partial charge >= 0.3 is 0 Å². The van der Waals surface area contributed by atoms with Gasteiger partial charge in [0.2, 0.25) is 0 Å². The third-order valence-corrected chi connectivity index (χ3v) is 4.11. The van der Waals surface area contributed by atoms with Crippen molar-refractivity contribution < 1.29 is 0 Å². The number of piperidine rings is 1. The molecule has 0 radical (unpaired) electrons. The Kier molecular flexibility index (Phi) is 6.70. The predicted octanol–water partition coefficient (Wildman–Crippen LogP) is 1.75. The number of aliphatic imine (C=N–C) groups is 1. The highest BCUT2D eigenvalue weighted by molar-refractivity contribution is 14.0. The van der Waals surface area contributed by atoms with Crippen molar-refractivity contribution in [3.05, 3.63) is 0 Å². The maximum Gasteiger partial charge on any atom is 0.191 e. The van der Waals surface area contributed by atoms with Crippen LogP contribution in [0.2, 0.25) is 0 Å². The van der Waals surface area contributed by atoms with E-state index in [1.54, 1.807) is 0 Å². The Morgan fingerprint density at radius 3 is 2.44 bits per heavy atom. The first-order valence-corrected chi connectivity index (χ1v) is 6.88. The van der Waals surface area contributed by atoms with Crippen molar-refractivity contribution in [1.82, 2.24) is 9.80 Å². The van der Waals surface area contributed by atoms with Crippen LogP contribution in [-0.2, 0) is 0 Å². The van der Waals surface area contributed by atoms with Crippen molar-refractivity contribution >= 4 is 29.9 Å². The van der Waals surface area contributed by atoms with Gasteiger partial charge in [-0.15, -0.1) is 24.0 Å². The van der Waals surface area contributed by atoms with E-state index in [1.165, 1.54) is 45.2 Å². The van der Waals surface area contributed by atoms with Gasteiger partial charge in [0.25, 0.3) is 0 Å². The van der Waals surface area contributed by atoms with Gasteiger partial charge < -0.3 is 15.5 Å². The molecule has 0 bridgehead atoms. The summed E-state index contributed by atoms with van der Waals surface area (Å²) in [6.07, 6.45) is 6.41. The second kappa shape index (κ2) is 7.53. The molecule has 0 aromatic heterocycles. The van der Waals surface area contributed by atoms with Crippen molar-refractivity contribution in [2.45, 2.75) is 38.1 Å². The van der Waals surface area contributed by atoms with Gasteiger partial charge in [-0.2, -0.15) is 0 Å². The molecule has 0 aromatic rings. The first kappa shape index (κ1) is 16.0. The zero-order valence-electron chi connectivity index (χ0n) is 11.6. The monoisotopic (exact) mass is 366 g/mol. The summed E-state index contributed by atoms with van der Waals surface area (Å²) in [5, 5.41) is 0. The lowest BCUT2D eigenvalue weighted by Crippen LogP contribution is -2.36. The molecule has 2 aliphatic rings. The van der Waals surface area contributed by atoms with E-state index >= 15 is 0 Å². The van der Waals surface area contributed by atoms with Crippen LogP contribution in [-0.4, -0.2) is 55.5 Å². The topological polar surface area (TPSA) is 44.9 Å². The lowest BCUT2D eigenvalue weighted by molar-refractivity contribution is 0.214. The number of guanidine groups is 1. The number of hydrogen-bond donors (Lipinski definition) is 1. The molecule has 1 heterocycles. The van der Waals surface area contributed by atoms with E-state index in [4.69, 9.17) is 5.73 Å². The Balaban J connectivity index is 0.00000162. The highest BCUT2D eigenvalue weighted by Gasteiger charge is 2.27. The fourth-order valence-electron chi connectivity index (χ4n) is 2.47. The summed E-state index contributed by atoms with van der Waals surface area (Å²) in [7, 11) is 4.27. The molecular weight excluding hydrogens is 339 g/mol. The Morgan fingerprint density at radius 1 is 1.28 bits per heavy atom. The highest BCUT2D eigenvalue weighted by atomic mass is 127. The van der Waals surface area contributed by atoms with E-state index in [0.717, 1.165) is 18.4 Å². The molecule has 5 heteroatoms. The normalized spacial score (nSPS) is 22.7. The second-order valence-corrected chi connectivity index (χ2v) is 5.62. The summed E-state index contributed by atoms with van der Waals surface area (Å²) in [5.74, 6) is 1.59. The summed E-state index contributed by atoms with van der Waals surface area (Å²) >= 11 is 0. The van der Waals surface area contributed by atoms with Crippen LogP contribution in [0.4, 0.5) is 0 Å². The van der Waals surface area contributed by atoms with Crippen LogP contribution >= 0.6 is 24.0 Å². The molecule has 2 N–H and O–H groups in total. The number of nitrogens with zero attached hydrogens (tertiary/aromatic N) is 3. The number of hydrogen-bond acceptors (Lipinski definition) is 2. The average Bonchev–Trinajstić information content (AvgIpc) is 3.14. The maximum atomic E-state index is 5.96. The van der Waals surface area contributed by atoms with E-state index < -0.39 is 0 Å². The molecule has 1 saturated carbocycles. The fraction of sp³-hybridized carbons (Fsp3) is 0.923. The predicted molar refractivity (Wildman–Crippen MR) is 87.5 cm³/mol. The minimum absolute atomic E-state index is 0. The maximum absolute atomic E-state index is 5.96. The Labute approximate surface area is 128 Å². The molecule has 18 heavy (non-hydrogen) atoms. The van der Waals surface area contributed by atoms with E-state index in [2.05, 4.69) is 28.9 Å². The molecule has 0 atom stereocenters. The number of halogens is 1. The molecule has 1 saturated heterocycles. The first-order chi connectivity index (χ1) is 8.16. The van der Waals surface area contributed by atoms with Gasteiger partial charge in [-0.05, 0) is 58.2 Å². The van der Waals surface area contributed by atoms with Gasteiger partial charge in [0.1, 0.15) is 0 Å². The standard InChI is InChI=1S/C13H26N4.HI/c1-16-9-6-11(7-10-16)5-8-15-13(14)17(2)12-3-4-12;/h11-12H,3-10H2,1-2H3,(H2,14,15);1H. The first-order valence-electron chi connectivity index (χ1n) is 6.88. The van der Waals surface area contributed by atoms with Crippen LogP contribution in [0.25, 0.3) is 0 Å². The van der Waals surface area contributed by atoms with Gasteiger partial charge in [0.05, 0.1) is 0 Å². The van der Waals surface area contributed by atoms with E-state index in [1.807, 2.05) is 0 Å². The minimum atomic E-state index is 0. The smallest absolute Gasteiger partial charge is 0.191 e. The molecule has 0 spiro atoms. The van der Waals surface area contributed by atoms with Crippen molar-refractivity contribution in [2.24, 2.45) is 16.6 Å². The molecular formula is C13H27IN4. The number of rotatable bonds is 4. The van der Waals surface area contributed by atoms with Gasteiger partial charge in [-0.3, -0.25) is 4.99 Å². The lowest BCUT2D eigenvalue weighted by atomic mass is 9.94. The molecule has 4 nitrogen and oxygen atoms in total. The summed E-state index contributed by atoms with van der Waals surface area (Å²) in [5.41, 5.74) is 5.96. The molecule has 1 aliphatic carbocycles. The molecule has 1 aliphatic heterocycles. The van der Waals surface area contributed by atoms with Crippen LogP contribution in [0.15, 0.2) is 4.99 Å². The largest absolute Gasteiger partial charge is 0.370 e. The van der Waals surface area contributed by atoms with Crippen LogP contribution in [0.5, 0.6) is 0 Å². The molecule has 2 rings (SSSR count). The van der Waals surface area contributed by atoms with E-state index in [-0.39, 0.29) is 24.0 Å². The van der Waals surface area contributed by atoms with E-state index in [9.17, 15) is 0 Å². The number of likely N-dealkylation sites (tertiary alicyclic amines) is 1. The summed E-state index contributed by atoms with van der Waals surface area (Å²) in [6.45, 7) is 3.38. The second-order valence-electron chi connectivity index (χ2n) is 5.62. The Bertz CT molecular complexity index is 270. The van der Waals surface area contributed by atoms with Gasteiger partial charge in [0.15, 0.2) is 5.96 Å². The van der Waals surface area contributed by atoms with Gasteiger partial charge in [-0.25, -0.2) is 0 Å². The number of nitrogens with two attached hydrogens (primary N) is 1. The van der Waals surface area contributed by atoms with Crippen molar-refractivity contribution in [3.8, 4) is 0 Å². The molecule has 0 amide bonds. The third kappa shape index (κ3) is 4.91. The fourth-order valence-corrected chi connectivity index (χ4v) is 2.47. The zero-order valence-corrected chi connectivity index (χ0v) is 14.0. The molecule has 2 fully saturated rings. The minimum Gasteiger partial charge on any atom is -0.370 e.